The summed E-state index contributed by atoms with van der Waals surface area (Å²) in [5.74, 6) is -0.616. The van der Waals surface area contributed by atoms with Crippen LogP contribution in [0.3, 0.4) is 0 Å². The molecule has 0 aliphatic rings. The van der Waals surface area contributed by atoms with Gasteiger partial charge in [0.2, 0.25) is 0 Å². The molecular formula is C8H9N4O2PS. The highest BCUT2D eigenvalue weighted by Crippen LogP contribution is 2.24. The number of fused-ring (bicyclic) bond motifs is 1. The van der Waals surface area contributed by atoms with Crippen molar-refractivity contribution in [2.24, 2.45) is 11.0 Å². The SMILES string of the molecule is NP(N)(=O)NC(=O)c1nc2ccccc2s1. The van der Waals surface area contributed by atoms with Crippen molar-refractivity contribution in [2.45, 2.75) is 0 Å². The van der Waals surface area contributed by atoms with Crippen LogP contribution in [0, 0.1) is 0 Å². The minimum absolute atomic E-state index is 0.192. The van der Waals surface area contributed by atoms with Crippen LogP contribution < -0.4 is 16.1 Å². The maximum atomic E-state index is 11.5. The third-order valence-electron chi connectivity index (χ3n) is 1.76. The van der Waals surface area contributed by atoms with Crippen molar-refractivity contribution in [3.8, 4) is 0 Å². The number of nitrogens with two attached hydrogens (primary N) is 2. The van der Waals surface area contributed by atoms with E-state index in [4.69, 9.17) is 11.0 Å². The molecule has 0 aliphatic heterocycles. The van der Waals surface area contributed by atoms with Crippen LogP contribution in [0.1, 0.15) is 9.80 Å². The smallest absolute Gasteiger partial charge is 0.277 e. The van der Waals surface area contributed by atoms with Crippen LogP contribution in [0.5, 0.6) is 0 Å². The van der Waals surface area contributed by atoms with Crippen molar-refractivity contribution < 1.29 is 9.36 Å². The number of benzene rings is 1. The highest BCUT2D eigenvalue weighted by atomic mass is 32.1. The summed E-state index contributed by atoms with van der Waals surface area (Å²) in [7, 11) is -3.56. The van der Waals surface area contributed by atoms with Gasteiger partial charge in [-0.25, -0.2) is 4.98 Å². The normalized spacial score (nSPS) is 11.6. The van der Waals surface area contributed by atoms with Crippen molar-refractivity contribution in [1.82, 2.24) is 10.1 Å². The topological polar surface area (TPSA) is 111 Å². The summed E-state index contributed by atoms with van der Waals surface area (Å²) in [6.07, 6.45) is 0. The lowest BCUT2D eigenvalue weighted by atomic mass is 10.3. The summed E-state index contributed by atoms with van der Waals surface area (Å²) in [4.78, 5) is 15.6. The van der Waals surface area contributed by atoms with E-state index in [9.17, 15) is 9.36 Å². The zero-order valence-corrected chi connectivity index (χ0v) is 9.79. The quantitative estimate of drug-likeness (QED) is 0.695. The molecule has 5 N–H and O–H groups in total. The largest absolute Gasteiger partial charge is 0.300 e. The van der Waals surface area contributed by atoms with Crippen LogP contribution in [0.2, 0.25) is 0 Å². The average molecular weight is 256 g/mol. The number of rotatable bonds is 2. The molecule has 0 fully saturated rings. The summed E-state index contributed by atoms with van der Waals surface area (Å²) in [5, 5.41) is 2.21. The fourth-order valence-electron chi connectivity index (χ4n) is 1.18. The first-order chi connectivity index (χ1) is 7.46. The van der Waals surface area contributed by atoms with Gasteiger partial charge in [0, 0.05) is 0 Å². The van der Waals surface area contributed by atoms with Crippen LogP contribution >= 0.6 is 18.9 Å². The first-order valence-corrected chi connectivity index (χ1v) is 6.97. The van der Waals surface area contributed by atoms with E-state index in [1.54, 1.807) is 6.07 Å². The Morgan fingerprint density at radius 1 is 1.38 bits per heavy atom. The molecule has 6 nitrogen and oxygen atoms in total. The molecule has 1 aromatic carbocycles. The lowest BCUT2D eigenvalue weighted by Gasteiger charge is -2.05. The number of nitrogens with one attached hydrogen (secondary N) is 1. The Hall–Kier alpha value is -1.27. The Bertz CT molecular complexity index is 557. The Morgan fingerprint density at radius 3 is 2.69 bits per heavy atom. The molecule has 1 heterocycles. The van der Waals surface area contributed by atoms with Gasteiger partial charge in [0.15, 0.2) is 5.01 Å². The molecule has 2 aromatic rings. The van der Waals surface area contributed by atoms with Crippen LogP contribution in [-0.4, -0.2) is 10.9 Å². The zero-order valence-electron chi connectivity index (χ0n) is 8.08. The fraction of sp³-hybridized carbons (Fsp3) is 0. The second-order valence-electron chi connectivity index (χ2n) is 3.14. The summed E-state index contributed by atoms with van der Waals surface area (Å²) >= 11 is 1.19. The molecule has 1 aromatic heterocycles. The van der Waals surface area contributed by atoms with E-state index in [0.717, 1.165) is 4.70 Å². The molecule has 0 spiro atoms. The number of hydrogen-bond acceptors (Lipinski definition) is 4. The van der Waals surface area contributed by atoms with Crippen LogP contribution in [-0.2, 0) is 4.57 Å². The van der Waals surface area contributed by atoms with E-state index in [0.29, 0.717) is 5.52 Å². The zero-order chi connectivity index (χ0) is 11.8. The van der Waals surface area contributed by atoms with E-state index in [2.05, 4.69) is 4.98 Å². The number of para-hydroxylation sites is 1. The Labute approximate surface area is 95.2 Å². The molecule has 0 radical (unpaired) electrons. The number of aromatic nitrogens is 1. The molecule has 0 unspecified atom stereocenters. The third-order valence-corrected chi connectivity index (χ3v) is 3.35. The van der Waals surface area contributed by atoms with E-state index >= 15 is 0 Å². The molecule has 1 amide bonds. The minimum atomic E-state index is -3.56. The molecule has 0 saturated carbocycles. The maximum absolute atomic E-state index is 11.5. The summed E-state index contributed by atoms with van der Waals surface area (Å²) in [6.45, 7) is 0. The predicted octanol–water partition coefficient (Wildman–Crippen LogP) is 1.05. The van der Waals surface area contributed by atoms with Crippen molar-refractivity contribution in [1.29, 1.82) is 0 Å². The molecule has 0 saturated heterocycles. The van der Waals surface area contributed by atoms with Gasteiger partial charge in [0.25, 0.3) is 5.91 Å². The van der Waals surface area contributed by atoms with Gasteiger partial charge in [0.05, 0.1) is 10.2 Å². The first-order valence-electron chi connectivity index (χ1n) is 4.31. The van der Waals surface area contributed by atoms with Gasteiger partial charge in [-0.15, -0.1) is 11.3 Å². The number of hydrogen-bond donors (Lipinski definition) is 3. The molecule has 8 heteroatoms. The number of amides is 1. The summed E-state index contributed by atoms with van der Waals surface area (Å²) in [6, 6.07) is 7.29. The summed E-state index contributed by atoms with van der Waals surface area (Å²) < 4.78 is 11.9. The van der Waals surface area contributed by atoms with Crippen LogP contribution in [0.15, 0.2) is 24.3 Å². The molecule has 0 bridgehead atoms. The van der Waals surface area contributed by atoms with Gasteiger partial charge in [0.1, 0.15) is 0 Å². The Morgan fingerprint density at radius 2 is 2.06 bits per heavy atom. The van der Waals surface area contributed by atoms with Crippen molar-refractivity contribution >= 4 is 35.1 Å². The summed E-state index contributed by atoms with van der Waals surface area (Å²) in [5.41, 5.74) is 10.8. The molecule has 84 valence electrons. The van der Waals surface area contributed by atoms with E-state index in [1.165, 1.54) is 11.3 Å². The van der Waals surface area contributed by atoms with Crippen molar-refractivity contribution in [2.75, 3.05) is 0 Å². The van der Waals surface area contributed by atoms with Gasteiger partial charge in [-0.1, -0.05) is 12.1 Å². The van der Waals surface area contributed by atoms with Crippen LogP contribution in [0.25, 0.3) is 10.2 Å². The predicted molar refractivity (Wildman–Crippen MR) is 63.1 cm³/mol. The van der Waals surface area contributed by atoms with Gasteiger partial charge >= 0.3 is 7.59 Å². The van der Waals surface area contributed by atoms with Gasteiger partial charge < -0.3 is 0 Å². The van der Waals surface area contributed by atoms with Gasteiger partial charge in [-0.3, -0.25) is 25.5 Å². The highest BCUT2D eigenvalue weighted by Gasteiger charge is 2.18. The van der Waals surface area contributed by atoms with Gasteiger partial charge in [-0.05, 0) is 12.1 Å². The maximum Gasteiger partial charge on any atom is 0.300 e. The molecule has 2 rings (SSSR count). The van der Waals surface area contributed by atoms with Crippen LogP contribution in [0.4, 0.5) is 0 Å². The van der Waals surface area contributed by atoms with Crippen molar-refractivity contribution in [3.05, 3.63) is 29.3 Å². The third kappa shape index (κ3) is 2.45. The average Bonchev–Trinajstić information content (AvgIpc) is 2.58. The van der Waals surface area contributed by atoms with Crippen molar-refractivity contribution in [3.63, 3.8) is 0 Å². The monoisotopic (exact) mass is 256 g/mol. The number of nitrogens with zero attached hydrogens (tertiary/aromatic N) is 1. The number of thiazole rings is 1. The standard InChI is InChI=1S/C8H9N4O2PS/c9-15(10,14)12-7(13)8-11-5-3-1-2-4-6(5)16-8/h1-4H,(H5,9,10,12,13,14). The second-order valence-corrected chi connectivity index (χ2v) is 5.81. The number of carbonyl (C=O) groups is 1. The van der Waals surface area contributed by atoms with E-state index in [-0.39, 0.29) is 5.01 Å². The van der Waals surface area contributed by atoms with Gasteiger partial charge in [-0.2, -0.15) is 0 Å². The first kappa shape index (κ1) is 11.2. The fourth-order valence-corrected chi connectivity index (χ4v) is 2.54. The highest BCUT2D eigenvalue weighted by molar-refractivity contribution is 7.57. The minimum Gasteiger partial charge on any atom is -0.277 e. The molecule has 16 heavy (non-hydrogen) atoms. The van der Waals surface area contributed by atoms with E-state index < -0.39 is 13.5 Å². The number of carbonyl (C=O) groups excluding carboxylic acids is 1. The Balaban J connectivity index is 2.34. The molecule has 0 aliphatic carbocycles. The lowest BCUT2D eigenvalue weighted by molar-refractivity contribution is 0.0980. The molecule has 0 atom stereocenters. The lowest BCUT2D eigenvalue weighted by Crippen LogP contribution is -2.28. The second kappa shape index (κ2) is 3.95. The molecular weight excluding hydrogens is 247 g/mol. The van der Waals surface area contributed by atoms with E-state index in [1.807, 2.05) is 23.3 Å². The Kier molecular flexibility index (Phi) is 2.77.